The average molecular weight is 214 g/mol. The van der Waals surface area contributed by atoms with E-state index in [1.165, 1.54) is 0 Å². The normalized spacial score (nSPS) is 35.9. The van der Waals surface area contributed by atoms with E-state index in [0.717, 1.165) is 19.3 Å². The Morgan fingerprint density at radius 2 is 2.00 bits per heavy atom. The number of carboxylic acids is 1. The molecule has 0 spiro atoms. The first-order chi connectivity index (χ1) is 6.93. The second-order valence-electron chi connectivity index (χ2n) is 4.96. The molecular formula is C12H22O3. The first kappa shape index (κ1) is 12.5. The molecule has 1 aliphatic rings. The van der Waals surface area contributed by atoms with Crippen molar-refractivity contribution >= 4 is 5.97 Å². The highest BCUT2D eigenvalue weighted by molar-refractivity contribution is 5.77. The summed E-state index contributed by atoms with van der Waals surface area (Å²) in [6.45, 7) is 5.97. The van der Waals surface area contributed by atoms with Gasteiger partial charge in [-0.2, -0.15) is 0 Å². The molecule has 4 unspecified atom stereocenters. The van der Waals surface area contributed by atoms with Crippen LogP contribution in [-0.2, 0) is 4.79 Å². The first-order valence-electron chi connectivity index (χ1n) is 5.89. The summed E-state index contributed by atoms with van der Waals surface area (Å²) in [5.41, 5.74) is -1.52. The number of carbonyl (C=O) groups is 1. The molecule has 0 amide bonds. The van der Waals surface area contributed by atoms with Gasteiger partial charge < -0.3 is 10.2 Å². The van der Waals surface area contributed by atoms with Crippen LogP contribution in [0.5, 0.6) is 0 Å². The van der Waals surface area contributed by atoms with Crippen LogP contribution in [0, 0.1) is 17.8 Å². The van der Waals surface area contributed by atoms with Gasteiger partial charge in [0.25, 0.3) is 0 Å². The molecule has 0 bridgehead atoms. The number of hydrogen-bond acceptors (Lipinski definition) is 2. The van der Waals surface area contributed by atoms with E-state index >= 15 is 0 Å². The van der Waals surface area contributed by atoms with Crippen molar-refractivity contribution < 1.29 is 15.0 Å². The van der Waals surface area contributed by atoms with Crippen molar-refractivity contribution in [2.45, 2.75) is 52.1 Å². The number of carboxylic acid groups (broad SMARTS) is 1. The number of aliphatic hydroxyl groups is 1. The average Bonchev–Trinajstić information content (AvgIpc) is 2.20. The zero-order valence-electron chi connectivity index (χ0n) is 9.86. The van der Waals surface area contributed by atoms with Crippen LogP contribution in [0.2, 0.25) is 0 Å². The van der Waals surface area contributed by atoms with E-state index < -0.39 is 11.6 Å². The molecule has 0 aromatic rings. The molecule has 0 aromatic carbocycles. The Balaban J connectivity index is 2.88. The van der Waals surface area contributed by atoms with E-state index in [1.807, 2.05) is 0 Å². The quantitative estimate of drug-likeness (QED) is 0.757. The van der Waals surface area contributed by atoms with Crippen molar-refractivity contribution in [3.63, 3.8) is 0 Å². The summed E-state index contributed by atoms with van der Waals surface area (Å²) in [6.07, 6.45) is 3.31. The Morgan fingerprint density at radius 1 is 1.40 bits per heavy atom. The maximum absolute atomic E-state index is 11.2. The molecule has 0 radical (unpaired) electrons. The minimum absolute atomic E-state index is 0.0938. The first-order valence-corrected chi connectivity index (χ1v) is 5.89. The van der Waals surface area contributed by atoms with Gasteiger partial charge in [-0.15, -0.1) is 0 Å². The lowest BCUT2D eigenvalue weighted by Crippen LogP contribution is -2.50. The zero-order chi connectivity index (χ0) is 11.6. The Bertz CT molecular complexity index is 239. The molecule has 3 nitrogen and oxygen atoms in total. The second kappa shape index (κ2) is 4.52. The number of rotatable bonds is 3. The standard InChI is InChI=1S/C12H22O3/c1-4-12(15,11(13)14)10-7-5-6-8(2)9(10)3/h8-10,15H,4-7H2,1-3H3,(H,13,14). The smallest absolute Gasteiger partial charge is 0.335 e. The van der Waals surface area contributed by atoms with Gasteiger partial charge in [-0.3, -0.25) is 0 Å². The van der Waals surface area contributed by atoms with Gasteiger partial charge in [-0.05, 0) is 24.7 Å². The third kappa shape index (κ3) is 2.17. The highest BCUT2D eigenvalue weighted by Gasteiger charge is 2.47. The molecule has 0 aliphatic heterocycles. The summed E-state index contributed by atoms with van der Waals surface area (Å²) in [5, 5.41) is 19.3. The van der Waals surface area contributed by atoms with Crippen molar-refractivity contribution in [3.8, 4) is 0 Å². The summed E-state index contributed by atoms with van der Waals surface area (Å²) < 4.78 is 0. The Labute approximate surface area is 91.5 Å². The predicted molar refractivity (Wildman–Crippen MR) is 58.5 cm³/mol. The van der Waals surface area contributed by atoms with Crippen LogP contribution in [0.15, 0.2) is 0 Å². The Hall–Kier alpha value is -0.570. The van der Waals surface area contributed by atoms with Gasteiger partial charge in [0.05, 0.1) is 0 Å². The van der Waals surface area contributed by atoms with Crippen molar-refractivity contribution in [1.29, 1.82) is 0 Å². The highest BCUT2D eigenvalue weighted by atomic mass is 16.4. The van der Waals surface area contributed by atoms with Crippen LogP contribution >= 0.6 is 0 Å². The van der Waals surface area contributed by atoms with E-state index in [0.29, 0.717) is 18.3 Å². The molecule has 88 valence electrons. The molecule has 3 heteroatoms. The molecule has 15 heavy (non-hydrogen) atoms. The minimum atomic E-state index is -1.52. The molecular weight excluding hydrogens is 192 g/mol. The van der Waals surface area contributed by atoms with Gasteiger partial charge in [0.15, 0.2) is 5.60 Å². The zero-order valence-corrected chi connectivity index (χ0v) is 9.86. The number of aliphatic carboxylic acids is 1. The van der Waals surface area contributed by atoms with E-state index in [4.69, 9.17) is 5.11 Å². The molecule has 1 rings (SSSR count). The maximum atomic E-state index is 11.2. The van der Waals surface area contributed by atoms with Crippen LogP contribution in [0.1, 0.15) is 46.5 Å². The van der Waals surface area contributed by atoms with Crippen LogP contribution < -0.4 is 0 Å². The Kier molecular flexibility index (Phi) is 3.77. The Morgan fingerprint density at radius 3 is 2.47 bits per heavy atom. The largest absolute Gasteiger partial charge is 0.479 e. The van der Waals surface area contributed by atoms with Crippen molar-refractivity contribution in [3.05, 3.63) is 0 Å². The molecule has 0 aromatic heterocycles. The second-order valence-corrected chi connectivity index (χ2v) is 4.96. The van der Waals surface area contributed by atoms with Crippen molar-refractivity contribution in [2.75, 3.05) is 0 Å². The monoisotopic (exact) mass is 214 g/mol. The lowest BCUT2D eigenvalue weighted by molar-refractivity contribution is -0.171. The van der Waals surface area contributed by atoms with E-state index in [1.54, 1.807) is 6.92 Å². The topological polar surface area (TPSA) is 57.5 Å². The summed E-state index contributed by atoms with van der Waals surface area (Å²) in [5.74, 6) is -0.347. The molecule has 0 heterocycles. The SMILES string of the molecule is CCC(O)(C(=O)O)C1CCCC(C)C1C. The predicted octanol–water partition coefficient (Wildman–Crippen LogP) is 2.28. The minimum Gasteiger partial charge on any atom is -0.479 e. The van der Waals surface area contributed by atoms with Gasteiger partial charge in [0.1, 0.15) is 0 Å². The molecule has 1 saturated carbocycles. The summed E-state index contributed by atoms with van der Waals surface area (Å²) in [4.78, 5) is 11.2. The molecule has 1 fully saturated rings. The van der Waals surface area contributed by atoms with E-state index in [2.05, 4.69) is 13.8 Å². The van der Waals surface area contributed by atoms with Crippen molar-refractivity contribution in [1.82, 2.24) is 0 Å². The van der Waals surface area contributed by atoms with E-state index in [9.17, 15) is 9.90 Å². The summed E-state index contributed by atoms with van der Waals surface area (Å²) >= 11 is 0. The van der Waals surface area contributed by atoms with Crippen LogP contribution in [0.25, 0.3) is 0 Å². The van der Waals surface area contributed by atoms with Crippen LogP contribution in [0.3, 0.4) is 0 Å². The van der Waals surface area contributed by atoms with E-state index in [-0.39, 0.29) is 5.92 Å². The fourth-order valence-corrected chi connectivity index (χ4v) is 2.83. The van der Waals surface area contributed by atoms with Gasteiger partial charge in [0.2, 0.25) is 0 Å². The lowest BCUT2D eigenvalue weighted by atomic mass is 9.66. The number of hydrogen-bond donors (Lipinski definition) is 2. The third-order valence-electron chi connectivity index (χ3n) is 4.23. The molecule has 1 aliphatic carbocycles. The summed E-state index contributed by atoms with van der Waals surface area (Å²) in [6, 6.07) is 0. The van der Waals surface area contributed by atoms with Crippen molar-refractivity contribution in [2.24, 2.45) is 17.8 Å². The summed E-state index contributed by atoms with van der Waals surface area (Å²) in [7, 11) is 0. The fourth-order valence-electron chi connectivity index (χ4n) is 2.83. The van der Waals surface area contributed by atoms with Gasteiger partial charge in [0, 0.05) is 5.92 Å². The third-order valence-corrected chi connectivity index (χ3v) is 4.23. The van der Waals surface area contributed by atoms with Crippen LogP contribution in [-0.4, -0.2) is 21.8 Å². The highest BCUT2D eigenvalue weighted by Crippen LogP contribution is 2.41. The molecule has 2 N–H and O–H groups in total. The van der Waals surface area contributed by atoms with Crippen LogP contribution in [0.4, 0.5) is 0 Å². The van der Waals surface area contributed by atoms with Gasteiger partial charge in [-0.25, -0.2) is 4.79 Å². The maximum Gasteiger partial charge on any atom is 0.335 e. The lowest BCUT2D eigenvalue weighted by Gasteiger charge is -2.41. The van der Waals surface area contributed by atoms with Gasteiger partial charge >= 0.3 is 5.97 Å². The van der Waals surface area contributed by atoms with Gasteiger partial charge in [-0.1, -0.05) is 33.6 Å². The molecule has 0 saturated heterocycles. The molecule has 4 atom stereocenters. The fraction of sp³-hybridized carbons (Fsp3) is 0.917.